The monoisotopic (exact) mass is 484 g/mol. The second kappa shape index (κ2) is 10.1. The van der Waals surface area contributed by atoms with Crippen LogP contribution in [0, 0.1) is 0 Å². The van der Waals surface area contributed by atoms with Gasteiger partial charge in [-0.25, -0.2) is 0 Å². The largest absolute Gasteiger partial charge is 0.462 e. The molecule has 0 unspecified atom stereocenters. The number of halogens is 3. The van der Waals surface area contributed by atoms with Crippen molar-refractivity contribution in [2.24, 2.45) is 0 Å². The van der Waals surface area contributed by atoms with E-state index < -0.39 is 45.2 Å². The molecule has 0 N–H and O–H groups in total. The Kier molecular flexibility index (Phi) is 9.78. The van der Waals surface area contributed by atoms with Gasteiger partial charge in [-0.1, -0.05) is 23.2 Å². The van der Waals surface area contributed by atoms with Crippen LogP contribution in [-0.4, -0.2) is 51.6 Å². The summed E-state index contributed by atoms with van der Waals surface area (Å²) in [5.74, 6) is -2.19. The third-order valence-electron chi connectivity index (χ3n) is 2.26. The lowest BCUT2D eigenvalue weighted by Crippen LogP contribution is -2.51. The summed E-state index contributed by atoms with van der Waals surface area (Å²) in [4.78, 5) is 44.2. The number of carbonyl (C=O) groups excluding carboxylic acids is 4. The Morgan fingerprint density at radius 1 is 1.09 bits per heavy atom. The lowest BCUT2D eigenvalue weighted by atomic mass is 10.1. The maximum absolute atomic E-state index is 11.3. The van der Waals surface area contributed by atoms with Crippen LogP contribution >= 0.6 is 45.8 Å². The number of carbonyl (C=O) groups is 4. The molecule has 11 heteroatoms. The topological polar surface area (TPSA) is 105 Å². The zero-order valence-electron chi connectivity index (χ0n) is 12.4. The molecule has 0 spiro atoms. The molecule has 0 bridgehead atoms. The molecule has 0 aromatic heterocycles. The van der Waals surface area contributed by atoms with Gasteiger partial charge in [-0.15, -0.1) is 0 Å². The third kappa shape index (κ3) is 9.16. The molecule has 0 radical (unpaired) electrons. The van der Waals surface area contributed by atoms with Crippen LogP contribution < -0.4 is 0 Å². The molecule has 0 aliphatic carbocycles. The molecule has 132 valence electrons. The molecule has 0 fully saturated rings. The van der Waals surface area contributed by atoms with Gasteiger partial charge in [0.2, 0.25) is 2.34 Å². The van der Waals surface area contributed by atoms with Crippen LogP contribution in [0.25, 0.3) is 0 Å². The smallest absolute Gasteiger partial charge is 0.303 e. The normalized spacial score (nSPS) is 14.9. The van der Waals surface area contributed by atoms with Crippen LogP contribution in [0.1, 0.15) is 20.8 Å². The summed E-state index contributed by atoms with van der Waals surface area (Å²) in [6, 6.07) is 0. The second-order valence-corrected chi connectivity index (χ2v) is 8.58. The van der Waals surface area contributed by atoms with Gasteiger partial charge in [0.15, 0.2) is 18.3 Å². The van der Waals surface area contributed by atoms with Crippen molar-refractivity contribution in [2.75, 3.05) is 6.61 Å². The maximum atomic E-state index is 11.3. The highest BCUT2D eigenvalue weighted by Gasteiger charge is 2.47. The summed E-state index contributed by atoms with van der Waals surface area (Å²) in [5.41, 5.74) is 0. The van der Waals surface area contributed by atoms with Crippen LogP contribution in [0.4, 0.5) is 0 Å². The van der Waals surface area contributed by atoms with Gasteiger partial charge in [0, 0.05) is 20.8 Å². The van der Waals surface area contributed by atoms with E-state index in [1.165, 1.54) is 0 Å². The first-order valence-electron chi connectivity index (χ1n) is 6.12. The zero-order valence-corrected chi connectivity index (χ0v) is 16.1. The highest BCUT2D eigenvalue weighted by molar-refractivity contribution is 14.1. The van der Waals surface area contributed by atoms with Gasteiger partial charge < -0.3 is 18.9 Å². The first-order valence-corrected chi connectivity index (χ1v) is 7.96. The Morgan fingerprint density at radius 2 is 1.61 bits per heavy atom. The van der Waals surface area contributed by atoms with Gasteiger partial charge in [-0.05, 0) is 22.6 Å². The molecule has 3 atom stereocenters. The van der Waals surface area contributed by atoms with Gasteiger partial charge in [0.1, 0.15) is 6.61 Å². The summed E-state index contributed by atoms with van der Waals surface area (Å²) < 4.78 is 17.8. The quantitative estimate of drug-likeness (QED) is 0.159. The lowest BCUT2D eigenvalue weighted by molar-refractivity contribution is -0.184. The van der Waals surface area contributed by atoms with E-state index in [4.69, 9.17) is 42.1 Å². The standard InChI is InChI=1S/C12H15Cl2IO8/c1-6(17)20-4-9(21-5-16)10(22-7(2)18)11(12(13,14)15)23-8(3)19/h5,9-11H,4H2,1-3H3/t9-,10-,11+/m1/s1. The van der Waals surface area contributed by atoms with E-state index in [2.05, 4.69) is 0 Å². The average molecular weight is 485 g/mol. The molecular formula is C12H15Cl2IO8. The minimum Gasteiger partial charge on any atom is -0.462 e. The van der Waals surface area contributed by atoms with Crippen molar-refractivity contribution < 1.29 is 38.1 Å². The van der Waals surface area contributed by atoms with Crippen molar-refractivity contribution in [3.05, 3.63) is 0 Å². The Bertz CT molecular complexity index is 451. The van der Waals surface area contributed by atoms with E-state index in [-0.39, 0.29) is 6.47 Å². The summed E-state index contributed by atoms with van der Waals surface area (Å²) >= 11 is 13.5. The molecular weight excluding hydrogens is 470 g/mol. The number of rotatable bonds is 9. The number of alkyl halides is 3. The van der Waals surface area contributed by atoms with Crippen LogP contribution in [0.15, 0.2) is 0 Å². The van der Waals surface area contributed by atoms with E-state index in [1.54, 1.807) is 22.6 Å². The fourth-order valence-electron chi connectivity index (χ4n) is 1.51. The lowest BCUT2D eigenvalue weighted by Gasteiger charge is -2.34. The molecule has 0 aliphatic heterocycles. The van der Waals surface area contributed by atoms with Crippen molar-refractivity contribution in [3.63, 3.8) is 0 Å². The highest BCUT2D eigenvalue weighted by Crippen LogP contribution is 2.38. The third-order valence-corrected chi connectivity index (χ3v) is 3.31. The SMILES string of the molecule is CC(=O)OC[C@@H](OC=O)[C@@H](OC(C)=O)[C@H](OC(C)=O)C(Cl)(Cl)I. The summed E-state index contributed by atoms with van der Waals surface area (Å²) in [5, 5.41) is 0. The average Bonchev–Trinajstić information content (AvgIpc) is 2.36. The molecule has 0 amide bonds. The molecule has 23 heavy (non-hydrogen) atoms. The summed E-state index contributed by atoms with van der Waals surface area (Å²) in [6.45, 7) is 2.92. The number of esters is 3. The van der Waals surface area contributed by atoms with E-state index >= 15 is 0 Å². The fraction of sp³-hybridized carbons (Fsp3) is 0.667. The molecule has 0 saturated heterocycles. The van der Waals surface area contributed by atoms with Crippen molar-refractivity contribution >= 4 is 70.2 Å². The minimum atomic E-state index is -1.72. The number of hydrogen-bond donors (Lipinski definition) is 0. The minimum absolute atomic E-state index is 0.0623. The van der Waals surface area contributed by atoms with Gasteiger partial charge in [-0.2, -0.15) is 0 Å². The Hall–Kier alpha value is -0.810. The second-order valence-electron chi connectivity index (χ2n) is 4.22. The Labute approximate surface area is 156 Å². The van der Waals surface area contributed by atoms with Crippen molar-refractivity contribution in [2.45, 2.75) is 41.4 Å². The Morgan fingerprint density at radius 3 is 1.96 bits per heavy atom. The molecule has 0 rings (SSSR count). The summed E-state index contributed by atoms with van der Waals surface area (Å²) in [7, 11) is 0. The first-order chi connectivity index (χ1) is 10.5. The molecule has 0 aromatic carbocycles. The van der Waals surface area contributed by atoms with E-state index in [0.29, 0.717) is 0 Å². The number of ether oxygens (including phenoxy) is 4. The fourth-order valence-corrected chi connectivity index (χ4v) is 2.32. The molecule has 8 nitrogen and oxygen atoms in total. The first kappa shape index (κ1) is 22.2. The van der Waals surface area contributed by atoms with Crippen LogP contribution in [0.2, 0.25) is 0 Å². The molecule has 0 aliphatic rings. The van der Waals surface area contributed by atoms with Gasteiger partial charge in [0.25, 0.3) is 6.47 Å². The van der Waals surface area contributed by atoms with Crippen molar-refractivity contribution in [1.82, 2.24) is 0 Å². The van der Waals surface area contributed by atoms with Crippen LogP contribution in [-0.2, 0) is 38.1 Å². The maximum Gasteiger partial charge on any atom is 0.303 e. The molecule has 0 aromatic rings. The molecule has 0 heterocycles. The van der Waals surface area contributed by atoms with Gasteiger partial charge in [0.05, 0.1) is 0 Å². The predicted octanol–water partition coefficient (Wildman–Crippen LogP) is 1.52. The van der Waals surface area contributed by atoms with Gasteiger partial charge in [-0.3, -0.25) is 19.2 Å². The predicted molar refractivity (Wildman–Crippen MR) is 87.1 cm³/mol. The van der Waals surface area contributed by atoms with Crippen LogP contribution in [0.5, 0.6) is 0 Å². The van der Waals surface area contributed by atoms with Gasteiger partial charge >= 0.3 is 17.9 Å². The van der Waals surface area contributed by atoms with E-state index in [0.717, 1.165) is 20.8 Å². The zero-order chi connectivity index (χ0) is 18.2. The van der Waals surface area contributed by atoms with Crippen molar-refractivity contribution in [3.8, 4) is 0 Å². The summed E-state index contributed by atoms with van der Waals surface area (Å²) in [6.07, 6.45) is -4.07. The number of hydrogen-bond acceptors (Lipinski definition) is 8. The van der Waals surface area contributed by atoms with Crippen molar-refractivity contribution in [1.29, 1.82) is 0 Å². The highest BCUT2D eigenvalue weighted by atomic mass is 127. The van der Waals surface area contributed by atoms with Crippen LogP contribution in [0.3, 0.4) is 0 Å². The molecule has 0 saturated carbocycles. The van der Waals surface area contributed by atoms with E-state index in [9.17, 15) is 19.2 Å². The van der Waals surface area contributed by atoms with E-state index in [1.807, 2.05) is 0 Å². The Balaban J connectivity index is 5.60.